The van der Waals surface area contributed by atoms with Gasteiger partial charge in [-0.05, 0) is 36.6 Å². The molecule has 1 heterocycles. The third kappa shape index (κ3) is 4.04. The number of nitrogens with zero attached hydrogens (tertiary/aromatic N) is 2. The van der Waals surface area contributed by atoms with Gasteiger partial charge in [0.15, 0.2) is 11.5 Å². The van der Waals surface area contributed by atoms with E-state index in [9.17, 15) is 8.42 Å². The molecule has 0 unspecified atom stereocenters. The van der Waals surface area contributed by atoms with Gasteiger partial charge in [0.1, 0.15) is 0 Å². The maximum absolute atomic E-state index is 13.1. The van der Waals surface area contributed by atoms with Crippen molar-refractivity contribution >= 4 is 15.7 Å². The molecule has 1 saturated heterocycles. The van der Waals surface area contributed by atoms with Crippen molar-refractivity contribution in [3.05, 3.63) is 48.0 Å². The van der Waals surface area contributed by atoms with Gasteiger partial charge in [-0.2, -0.15) is 4.31 Å². The zero-order valence-corrected chi connectivity index (χ0v) is 16.8. The highest BCUT2D eigenvalue weighted by Crippen LogP contribution is 2.31. The van der Waals surface area contributed by atoms with Crippen LogP contribution in [0, 0.1) is 0 Å². The predicted octanol–water partition coefficient (Wildman–Crippen LogP) is 3.12. The van der Waals surface area contributed by atoms with Crippen LogP contribution in [0.4, 0.5) is 5.69 Å². The molecule has 2 aromatic rings. The number of anilines is 1. The fraction of sp³-hybridized carbons (Fsp3) is 0.400. The summed E-state index contributed by atoms with van der Waals surface area (Å²) in [6.45, 7) is 2.34. The Hall–Kier alpha value is -2.25. The molecule has 1 aliphatic heterocycles. The average Bonchev–Trinajstić information content (AvgIpc) is 3.22. The second-order valence-electron chi connectivity index (χ2n) is 6.60. The molecule has 0 aromatic heterocycles. The largest absolute Gasteiger partial charge is 0.493 e. The quantitative estimate of drug-likeness (QED) is 0.727. The van der Waals surface area contributed by atoms with Crippen molar-refractivity contribution in [2.75, 3.05) is 39.3 Å². The fourth-order valence-corrected chi connectivity index (χ4v) is 4.56. The standard InChI is InChI=1S/C20H26N2O4S/c1-21(15-16-8-4-5-9-18(16)22-12-6-7-13-22)27(23,24)17-10-11-19(25-2)20(14-17)26-3/h4-5,8-11,14H,6-7,12-13,15H2,1-3H3. The lowest BCUT2D eigenvalue weighted by Gasteiger charge is -2.24. The highest BCUT2D eigenvalue weighted by Gasteiger charge is 2.24. The first-order valence-corrected chi connectivity index (χ1v) is 10.4. The molecule has 2 aromatic carbocycles. The monoisotopic (exact) mass is 390 g/mol. The molecule has 0 aliphatic carbocycles. The van der Waals surface area contributed by atoms with E-state index in [0.29, 0.717) is 18.0 Å². The maximum Gasteiger partial charge on any atom is 0.243 e. The Morgan fingerprint density at radius 1 is 1.00 bits per heavy atom. The van der Waals surface area contributed by atoms with Crippen LogP contribution in [-0.4, -0.2) is 47.1 Å². The molecule has 0 spiro atoms. The second kappa shape index (κ2) is 8.19. The first-order chi connectivity index (χ1) is 13.0. The SMILES string of the molecule is COc1ccc(S(=O)(=O)N(C)Cc2ccccc2N2CCCC2)cc1OC. The number of para-hydroxylation sites is 1. The van der Waals surface area contributed by atoms with E-state index >= 15 is 0 Å². The van der Waals surface area contributed by atoms with Gasteiger partial charge in [-0.1, -0.05) is 18.2 Å². The minimum atomic E-state index is -3.66. The number of rotatable bonds is 7. The number of hydrogen-bond acceptors (Lipinski definition) is 5. The van der Waals surface area contributed by atoms with Crippen molar-refractivity contribution in [1.29, 1.82) is 0 Å². The topological polar surface area (TPSA) is 59.1 Å². The molecule has 146 valence electrons. The minimum Gasteiger partial charge on any atom is -0.493 e. The molecular formula is C20H26N2O4S. The lowest BCUT2D eigenvalue weighted by Crippen LogP contribution is -2.28. The van der Waals surface area contributed by atoms with Crippen molar-refractivity contribution < 1.29 is 17.9 Å². The highest BCUT2D eigenvalue weighted by atomic mass is 32.2. The Bertz CT molecular complexity index is 893. The van der Waals surface area contributed by atoms with Gasteiger partial charge in [0.25, 0.3) is 0 Å². The number of benzene rings is 2. The molecule has 27 heavy (non-hydrogen) atoms. The molecule has 1 aliphatic rings. The van der Waals surface area contributed by atoms with Gasteiger partial charge in [-0.15, -0.1) is 0 Å². The number of hydrogen-bond donors (Lipinski definition) is 0. The van der Waals surface area contributed by atoms with Gasteiger partial charge in [-0.25, -0.2) is 8.42 Å². The molecule has 0 N–H and O–H groups in total. The van der Waals surface area contributed by atoms with Crippen molar-refractivity contribution in [1.82, 2.24) is 4.31 Å². The molecule has 0 amide bonds. The van der Waals surface area contributed by atoms with Crippen LogP contribution in [0.15, 0.2) is 47.4 Å². The minimum absolute atomic E-state index is 0.182. The Morgan fingerprint density at radius 2 is 1.67 bits per heavy atom. The second-order valence-corrected chi connectivity index (χ2v) is 8.65. The molecule has 0 bridgehead atoms. The van der Waals surface area contributed by atoms with Gasteiger partial charge in [0, 0.05) is 38.4 Å². The van der Waals surface area contributed by atoms with Gasteiger partial charge in [0.05, 0.1) is 19.1 Å². The summed E-state index contributed by atoms with van der Waals surface area (Å²) in [5.41, 5.74) is 2.12. The average molecular weight is 391 g/mol. The zero-order chi connectivity index (χ0) is 19.4. The van der Waals surface area contributed by atoms with Crippen LogP contribution in [-0.2, 0) is 16.6 Å². The van der Waals surface area contributed by atoms with Gasteiger partial charge < -0.3 is 14.4 Å². The van der Waals surface area contributed by atoms with E-state index in [2.05, 4.69) is 11.0 Å². The molecule has 0 saturated carbocycles. The van der Waals surface area contributed by atoms with Gasteiger partial charge in [0.2, 0.25) is 10.0 Å². The van der Waals surface area contributed by atoms with Crippen molar-refractivity contribution in [3.63, 3.8) is 0 Å². The highest BCUT2D eigenvalue weighted by molar-refractivity contribution is 7.89. The number of methoxy groups -OCH3 is 2. The van der Waals surface area contributed by atoms with Crippen LogP contribution in [0.2, 0.25) is 0 Å². The van der Waals surface area contributed by atoms with Gasteiger partial charge in [-0.3, -0.25) is 0 Å². The van der Waals surface area contributed by atoms with E-state index in [4.69, 9.17) is 9.47 Å². The van der Waals surface area contributed by atoms with Gasteiger partial charge >= 0.3 is 0 Å². The lowest BCUT2D eigenvalue weighted by atomic mass is 10.1. The van der Waals surface area contributed by atoms with E-state index in [-0.39, 0.29) is 4.90 Å². The Kier molecular flexibility index (Phi) is 5.92. The number of sulfonamides is 1. The molecule has 0 radical (unpaired) electrons. The third-order valence-electron chi connectivity index (χ3n) is 4.89. The van der Waals surface area contributed by atoms with E-state index in [0.717, 1.165) is 24.3 Å². The zero-order valence-electron chi connectivity index (χ0n) is 16.0. The molecular weight excluding hydrogens is 364 g/mol. The molecule has 1 fully saturated rings. The maximum atomic E-state index is 13.1. The summed E-state index contributed by atoms with van der Waals surface area (Å²) in [6.07, 6.45) is 2.35. The number of ether oxygens (including phenoxy) is 2. The van der Waals surface area contributed by atoms with Crippen LogP contribution >= 0.6 is 0 Å². The first-order valence-electron chi connectivity index (χ1n) is 8.98. The Balaban J connectivity index is 1.86. The normalized spacial score (nSPS) is 14.6. The van der Waals surface area contributed by atoms with Crippen molar-refractivity contribution in [2.45, 2.75) is 24.3 Å². The van der Waals surface area contributed by atoms with Crippen LogP contribution in [0.5, 0.6) is 11.5 Å². The van der Waals surface area contributed by atoms with E-state index in [1.807, 2.05) is 18.2 Å². The summed E-state index contributed by atoms with van der Waals surface area (Å²) < 4.78 is 37.9. The molecule has 3 rings (SSSR count). The van der Waals surface area contributed by atoms with Crippen LogP contribution < -0.4 is 14.4 Å². The smallest absolute Gasteiger partial charge is 0.243 e. The Labute approximate surface area is 161 Å². The summed E-state index contributed by atoms with van der Waals surface area (Å²) in [5, 5.41) is 0. The van der Waals surface area contributed by atoms with Crippen LogP contribution in [0.25, 0.3) is 0 Å². The van der Waals surface area contributed by atoms with Crippen molar-refractivity contribution in [3.8, 4) is 11.5 Å². The van der Waals surface area contributed by atoms with E-state index in [1.165, 1.54) is 37.4 Å². The summed E-state index contributed by atoms with van der Waals surface area (Å²) in [7, 11) is 0.960. The van der Waals surface area contributed by atoms with Crippen LogP contribution in [0.1, 0.15) is 18.4 Å². The Morgan fingerprint density at radius 3 is 2.33 bits per heavy atom. The lowest BCUT2D eigenvalue weighted by molar-refractivity contribution is 0.353. The van der Waals surface area contributed by atoms with Crippen LogP contribution in [0.3, 0.4) is 0 Å². The predicted molar refractivity (Wildman–Crippen MR) is 106 cm³/mol. The molecule has 7 heteroatoms. The fourth-order valence-electron chi connectivity index (χ4n) is 3.39. The van der Waals surface area contributed by atoms with Crippen molar-refractivity contribution in [2.24, 2.45) is 0 Å². The first kappa shape index (κ1) is 19.5. The third-order valence-corrected chi connectivity index (χ3v) is 6.69. The summed E-state index contributed by atoms with van der Waals surface area (Å²) in [6, 6.07) is 12.7. The summed E-state index contributed by atoms with van der Waals surface area (Å²) in [5.74, 6) is 0.892. The van der Waals surface area contributed by atoms with E-state index < -0.39 is 10.0 Å². The summed E-state index contributed by atoms with van der Waals surface area (Å²) >= 11 is 0. The van der Waals surface area contributed by atoms with E-state index in [1.54, 1.807) is 19.2 Å². The molecule has 0 atom stereocenters. The molecule has 6 nitrogen and oxygen atoms in total. The summed E-state index contributed by atoms with van der Waals surface area (Å²) in [4.78, 5) is 2.51.